The molecule has 0 saturated carbocycles. The SMILES string of the molecule is CCCCCCCC/C=C\CCCCCCCC(=O)OC=C(C)C(=O)O.[Zn]. The van der Waals surface area contributed by atoms with E-state index in [-0.39, 0.29) is 31.0 Å². The summed E-state index contributed by atoms with van der Waals surface area (Å²) in [6.07, 6.45) is 21.8. The summed E-state index contributed by atoms with van der Waals surface area (Å²) < 4.78 is 4.79. The number of allylic oxidation sites excluding steroid dienone is 2. The Morgan fingerprint density at radius 1 is 0.815 bits per heavy atom. The van der Waals surface area contributed by atoms with Gasteiger partial charge in [0.2, 0.25) is 0 Å². The second-order valence-corrected chi connectivity index (χ2v) is 6.93. The number of carbonyl (C=O) groups is 2. The van der Waals surface area contributed by atoms with Crippen LogP contribution in [0.25, 0.3) is 0 Å². The van der Waals surface area contributed by atoms with Crippen molar-refractivity contribution in [2.45, 2.75) is 104 Å². The van der Waals surface area contributed by atoms with Gasteiger partial charge in [0, 0.05) is 25.9 Å². The molecule has 0 bridgehead atoms. The monoisotopic (exact) mass is 430 g/mol. The number of carbonyl (C=O) groups excluding carboxylic acids is 1. The van der Waals surface area contributed by atoms with Gasteiger partial charge in [-0.25, -0.2) is 4.79 Å². The number of carboxylic acid groups (broad SMARTS) is 1. The minimum atomic E-state index is -1.07. The summed E-state index contributed by atoms with van der Waals surface area (Å²) in [5, 5.41) is 8.65. The zero-order chi connectivity index (χ0) is 19.5. The molecule has 1 N–H and O–H groups in total. The third kappa shape index (κ3) is 21.2. The molecule has 0 rings (SSSR count). The van der Waals surface area contributed by atoms with Crippen LogP contribution in [0.2, 0.25) is 0 Å². The van der Waals surface area contributed by atoms with E-state index in [9.17, 15) is 9.59 Å². The van der Waals surface area contributed by atoms with Crippen molar-refractivity contribution in [3.8, 4) is 0 Å². The first-order chi connectivity index (χ1) is 12.6. The Kier molecular flexibility index (Phi) is 22.3. The van der Waals surface area contributed by atoms with E-state index in [0.29, 0.717) is 6.42 Å². The molecule has 0 spiro atoms. The minimum absolute atomic E-state index is 0. The Bertz CT molecular complexity index is 430. The first-order valence-electron chi connectivity index (χ1n) is 10.3. The fraction of sp³-hybridized carbons (Fsp3) is 0.727. The molecule has 27 heavy (non-hydrogen) atoms. The normalized spacial score (nSPS) is 11.4. The van der Waals surface area contributed by atoms with E-state index in [0.717, 1.165) is 31.9 Å². The maximum absolute atomic E-state index is 11.4. The van der Waals surface area contributed by atoms with Crippen molar-refractivity contribution in [3.63, 3.8) is 0 Å². The molecule has 0 heterocycles. The average molecular weight is 432 g/mol. The van der Waals surface area contributed by atoms with Crippen molar-refractivity contribution < 1.29 is 38.9 Å². The summed E-state index contributed by atoms with van der Waals surface area (Å²) in [4.78, 5) is 22.0. The topological polar surface area (TPSA) is 63.6 Å². The van der Waals surface area contributed by atoms with Gasteiger partial charge in [0.15, 0.2) is 0 Å². The van der Waals surface area contributed by atoms with Crippen LogP contribution in [-0.2, 0) is 33.8 Å². The number of unbranched alkanes of at least 4 members (excludes halogenated alkanes) is 11. The molecular weight excluding hydrogens is 394 g/mol. The Morgan fingerprint density at radius 3 is 1.81 bits per heavy atom. The van der Waals surface area contributed by atoms with Gasteiger partial charge < -0.3 is 9.84 Å². The van der Waals surface area contributed by atoms with Crippen LogP contribution < -0.4 is 0 Å². The molecule has 0 aromatic heterocycles. The van der Waals surface area contributed by atoms with Crippen molar-refractivity contribution in [1.82, 2.24) is 0 Å². The van der Waals surface area contributed by atoms with E-state index in [1.165, 1.54) is 64.7 Å². The second-order valence-electron chi connectivity index (χ2n) is 6.93. The first kappa shape index (κ1) is 28.3. The molecule has 0 amide bonds. The fourth-order valence-electron chi connectivity index (χ4n) is 2.60. The maximum Gasteiger partial charge on any atom is 0.334 e. The minimum Gasteiger partial charge on any atom is -0.478 e. The van der Waals surface area contributed by atoms with E-state index in [2.05, 4.69) is 19.1 Å². The molecule has 0 atom stereocenters. The first-order valence-corrected chi connectivity index (χ1v) is 10.3. The van der Waals surface area contributed by atoms with Crippen LogP contribution in [0, 0.1) is 0 Å². The zero-order valence-electron chi connectivity index (χ0n) is 17.5. The summed E-state index contributed by atoms with van der Waals surface area (Å²) >= 11 is 0. The number of esters is 1. The number of carboxylic acids is 1. The van der Waals surface area contributed by atoms with E-state index >= 15 is 0 Å². The van der Waals surface area contributed by atoms with Crippen LogP contribution >= 0.6 is 0 Å². The van der Waals surface area contributed by atoms with Crippen LogP contribution in [0.5, 0.6) is 0 Å². The van der Waals surface area contributed by atoms with Gasteiger partial charge in [-0.3, -0.25) is 4.79 Å². The number of hydrogen-bond acceptors (Lipinski definition) is 3. The van der Waals surface area contributed by atoms with Gasteiger partial charge in [0.1, 0.15) is 6.26 Å². The number of ether oxygens (including phenoxy) is 1. The molecule has 0 aliphatic carbocycles. The summed E-state index contributed by atoms with van der Waals surface area (Å²) in [6, 6.07) is 0. The third-order valence-electron chi connectivity index (χ3n) is 4.35. The zero-order valence-corrected chi connectivity index (χ0v) is 20.5. The maximum atomic E-state index is 11.4. The number of hydrogen-bond donors (Lipinski definition) is 1. The molecule has 0 aromatic rings. The van der Waals surface area contributed by atoms with Gasteiger partial charge >= 0.3 is 11.9 Å². The van der Waals surface area contributed by atoms with E-state index in [4.69, 9.17) is 9.84 Å². The predicted molar refractivity (Wildman–Crippen MR) is 107 cm³/mol. The largest absolute Gasteiger partial charge is 0.478 e. The van der Waals surface area contributed by atoms with E-state index < -0.39 is 5.97 Å². The Labute approximate surface area is 178 Å². The molecule has 0 fully saturated rings. The molecule has 0 unspecified atom stereocenters. The molecule has 4 nitrogen and oxygen atoms in total. The molecule has 0 aliphatic rings. The van der Waals surface area contributed by atoms with Gasteiger partial charge in [-0.15, -0.1) is 0 Å². The van der Waals surface area contributed by atoms with Gasteiger partial charge in [0.25, 0.3) is 0 Å². The number of rotatable bonds is 17. The summed E-state index contributed by atoms with van der Waals surface area (Å²) in [6.45, 7) is 3.65. The van der Waals surface area contributed by atoms with E-state index in [1.807, 2.05) is 0 Å². The number of aliphatic carboxylic acids is 1. The third-order valence-corrected chi connectivity index (χ3v) is 4.35. The fourth-order valence-corrected chi connectivity index (χ4v) is 2.60. The van der Waals surface area contributed by atoms with E-state index in [1.54, 1.807) is 0 Å². The van der Waals surface area contributed by atoms with Crippen LogP contribution in [0.1, 0.15) is 104 Å². The molecule has 5 heteroatoms. The van der Waals surface area contributed by atoms with Gasteiger partial charge in [-0.2, -0.15) is 0 Å². The van der Waals surface area contributed by atoms with Crippen molar-refractivity contribution in [3.05, 3.63) is 24.0 Å². The van der Waals surface area contributed by atoms with Crippen LogP contribution in [0.4, 0.5) is 0 Å². The Balaban J connectivity index is 0. The smallest absolute Gasteiger partial charge is 0.334 e. The molecular formula is C22H38O4Zn. The van der Waals surface area contributed by atoms with Crippen LogP contribution in [0.3, 0.4) is 0 Å². The standard InChI is InChI=1S/C22H38O4.Zn/c1-3-4-5-6-7-8-9-10-11-12-13-14-15-16-17-18-21(23)26-19-20(2)22(24)25;/h10-11,19H,3-9,12-18H2,1-2H3,(H,24,25);/b11-10-,20-19?;. The van der Waals surface area contributed by atoms with Crippen molar-refractivity contribution in [2.75, 3.05) is 0 Å². The van der Waals surface area contributed by atoms with Crippen molar-refractivity contribution in [1.29, 1.82) is 0 Å². The van der Waals surface area contributed by atoms with Crippen LogP contribution in [0.15, 0.2) is 24.0 Å². The van der Waals surface area contributed by atoms with Crippen molar-refractivity contribution in [2.24, 2.45) is 0 Å². The summed E-state index contributed by atoms with van der Waals surface area (Å²) in [5.41, 5.74) is 0.0305. The molecule has 0 radical (unpaired) electrons. The average Bonchev–Trinajstić information content (AvgIpc) is 2.62. The Morgan fingerprint density at radius 2 is 1.30 bits per heavy atom. The van der Waals surface area contributed by atoms with Gasteiger partial charge in [0.05, 0.1) is 5.57 Å². The molecule has 0 saturated heterocycles. The molecule has 0 aliphatic heterocycles. The van der Waals surface area contributed by atoms with Gasteiger partial charge in [-0.1, -0.05) is 70.4 Å². The molecule has 0 aromatic carbocycles. The quantitative estimate of drug-likeness (QED) is 0.0707. The Hall–Kier alpha value is -0.957. The second kappa shape index (κ2) is 21.3. The predicted octanol–water partition coefficient (Wildman–Crippen LogP) is 6.55. The summed E-state index contributed by atoms with van der Waals surface area (Å²) in [5.74, 6) is -1.43. The molecule has 152 valence electrons. The summed E-state index contributed by atoms with van der Waals surface area (Å²) in [7, 11) is 0. The van der Waals surface area contributed by atoms with Crippen molar-refractivity contribution >= 4 is 11.9 Å². The van der Waals surface area contributed by atoms with Gasteiger partial charge in [-0.05, 0) is 39.0 Å². The van der Waals surface area contributed by atoms with Crippen LogP contribution in [-0.4, -0.2) is 17.0 Å².